The second-order valence-electron chi connectivity index (χ2n) is 6.46. The van der Waals surface area contributed by atoms with Gasteiger partial charge in [-0.2, -0.15) is 5.26 Å². The van der Waals surface area contributed by atoms with Gasteiger partial charge in [-0.25, -0.2) is 4.39 Å². The minimum atomic E-state index is -0.467. The molecule has 0 saturated heterocycles. The van der Waals surface area contributed by atoms with Gasteiger partial charge in [-0.05, 0) is 48.4 Å². The summed E-state index contributed by atoms with van der Waals surface area (Å²) in [5.41, 5.74) is 1.04. The lowest BCUT2D eigenvalue weighted by Crippen LogP contribution is -2.10. The number of para-hydroxylation sites is 1. The third kappa shape index (κ3) is 6.05. The number of nitrogens with zero attached hydrogens (tertiary/aromatic N) is 1. The molecule has 0 aliphatic rings. The molecule has 0 atom stereocenters. The van der Waals surface area contributed by atoms with E-state index in [0.29, 0.717) is 24.3 Å². The van der Waals surface area contributed by atoms with E-state index < -0.39 is 5.82 Å². The van der Waals surface area contributed by atoms with Crippen molar-refractivity contribution >= 4 is 17.6 Å². The lowest BCUT2D eigenvalue weighted by atomic mass is 10.0. The van der Waals surface area contributed by atoms with Crippen LogP contribution in [-0.4, -0.2) is 12.6 Å². The molecule has 3 aromatic rings. The Hall–Kier alpha value is -3.91. The summed E-state index contributed by atoms with van der Waals surface area (Å²) >= 11 is 0. The molecule has 0 N–H and O–H groups in total. The number of hydrogen-bond acceptors (Lipinski definition) is 4. The molecule has 0 bridgehead atoms. The van der Waals surface area contributed by atoms with Crippen LogP contribution in [0.5, 0.6) is 11.5 Å². The van der Waals surface area contributed by atoms with E-state index in [-0.39, 0.29) is 23.5 Å². The number of nitriles is 1. The van der Waals surface area contributed by atoms with Crippen molar-refractivity contribution in [3.63, 3.8) is 0 Å². The maximum absolute atomic E-state index is 14.0. The van der Waals surface area contributed by atoms with Gasteiger partial charge in [0.15, 0.2) is 0 Å². The second-order valence-corrected chi connectivity index (χ2v) is 6.46. The van der Waals surface area contributed by atoms with Gasteiger partial charge in [-0.15, -0.1) is 0 Å². The largest absolute Gasteiger partial charge is 0.494 e. The number of carbonyl (C=O) groups is 1. The molecule has 0 unspecified atom stereocenters. The average molecular weight is 401 g/mol. The van der Waals surface area contributed by atoms with Gasteiger partial charge in [0.1, 0.15) is 17.3 Å². The van der Waals surface area contributed by atoms with Gasteiger partial charge < -0.3 is 9.47 Å². The van der Waals surface area contributed by atoms with E-state index in [9.17, 15) is 14.4 Å². The van der Waals surface area contributed by atoms with Crippen molar-refractivity contribution in [3.05, 3.63) is 95.8 Å². The second kappa shape index (κ2) is 10.6. The maximum atomic E-state index is 14.0. The fraction of sp³-hybridized carbons (Fsp3) is 0.120. The molecular formula is C25H20FNO3. The molecule has 0 amide bonds. The smallest absolute Gasteiger partial charge is 0.311 e. The summed E-state index contributed by atoms with van der Waals surface area (Å²) in [6, 6.07) is 24.2. The van der Waals surface area contributed by atoms with Crippen LogP contribution in [-0.2, 0) is 4.79 Å². The van der Waals surface area contributed by atoms with Crippen LogP contribution in [0.25, 0.3) is 11.6 Å². The van der Waals surface area contributed by atoms with Crippen LogP contribution >= 0.6 is 0 Å². The van der Waals surface area contributed by atoms with Gasteiger partial charge in [-0.3, -0.25) is 4.79 Å². The molecule has 0 saturated carbocycles. The number of esters is 1. The lowest BCUT2D eigenvalue weighted by Gasteiger charge is -2.07. The summed E-state index contributed by atoms with van der Waals surface area (Å²) in [6.07, 6.45) is 2.30. The van der Waals surface area contributed by atoms with Crippen molar-refractivity contribution in [1.29, 1.82) is 5.26 Å². The van der Waals surface area contributed by atoms with E-state index in [4.69, 9.17) is 9.47 Å². The summed E-state index contributed by atoms with van der Waals surface area (Å²) in [5.74, 6) is 0.282. The molecule has 0 radical (unpaired) electrons. The van der Waals surface area contributed by atoms with Gasteiger partial charge >= 0.3 is 5.97 Å². The molecule has 5 heteroatoms. The van der Waals surface area contributed by atoms with Gasteiger partial charge in [0.05, 0.1) is 18.2 Å². The van der Waals surface area contributed by atoms with Gasteiger partial charge in [0.25, 0.3) is 0 Å². The molecule has 0 spiro atoms. The SMILES string of the molecule is N#C/C(=C/c1cccc(OC(=O)CCCOc2ccccc2)c1)c1ccccc1F. The zero-order chi connectivity index (χ0) is 21.2. The number of halogens is 1. The quantitative estimate of drug-likeness (QED) is 0.161. The first-order chi connectivity index (χ1) is 14.7. The fourth-order valence-electron chi connectivity index (χ4n) is 2.79. The Morgan fingerprint density at radius 1 is 0.967 bits per heavy atom. The third-order valence-corrected chi connectivity index (χ3v) is 4.22. The minimum absolute atomic E-state index is 0.189. The number of carbonyl (C=O) groups excluding carboxylic acids is 1. The zero-order valence-corrected chi connectivity index (χ0v) is 16.3. The first-order valence-corrected chi connectivity index (χ1v) is 9.51. The summed E-state index contributed by atoms with van der Waals surface area (Å²) in [4.78, 5) is 12.1. The Balaban J connectivity index is 1.57. The Kier molecular flexibility index (Phi) is 7.34. The highest BCUT2D eigenvalue weighted by Crippen LogP contribution is 2.23. The number of hydrogen-bond donors (Lipinski definition) is 0. The van der Waals surface area contributed by atoms with E-state index in [0.717, 1.165) is 5.75 Å². The Morgan fingerprint density at radius 2 is 1.70 bits per heavy atom. The molecule has 3 aromatic carbocycles. The number of allylic oxidation sites excluding steroid dienone is 1. The number of ether oxygens (including phenoxy) is 2. The Labute approximate surface area is 174 Å². The highest BCUT2D eigenvalue weighted by atomic mass is 19.1. The molecule has 3 rings (SSSR count). The first-order valence-electron chi connectivity index (χ1n) is 9.51. The molecule has 0 heterocycles. The van der Waals surface area contributed by atoms with Crippen molar-refractivity contribution in [2.24, 2.45) is 0 Å². The van der Waals surface area contributed by atoms with Crippen LogP contribution in [0.3, 0.4) is 0 Å². The maximum Gasteiger partial charge on any atom is 0.311 e. The molecule has 4 nitrogen and oxygen atoms in total. The monoisotopic (exact) mass is 401 g/mol. The van der Waals surface area contributed by atoms with E-state index in [1.165, 1.54) is 6.07 Å². The molecule has 0 aliphatic carbocycles. The van der Waals surface area contributed by atoms with Crippen molar-refractivity contribution in [3.8, 4) is 17.6 Å². The minimum Gasteiger partial charge on any atom is -0.494 e. The van der Waals surface area contributed by atoms with Crippen LogP contribution in [0.1, 0.15) is 24.0 Å². The molecule has 0 aliphatic heterocycles. The van der Waals surface area contributed by atoms with E-state index in [1.807, 2.05) is 36.4 Å². The van der Waals surface area contributed by atoms with E-state index >= 15 is 0 Å². The Morgan fingerprint density at radius 3 is 2.47 bits per heavy atom. The molecule has 150 valence electrons. The van der Waals surface area contributed by atoms with Crippen LogP contribution in [0, 0.1) is 17.1 Å². The number of benzene rings is 3. The van der Waals surface area contributed by atoms with Gasteiger partial charge in [0.2, 0.25) is 0 Å². The number of rotatable bonds is 8. The first kappa shape index (κ1) is 20.8. The summed E-state index contributed by atoms with van der Waals surface area (Å²) in [6.45, 7) is 0.413. The molecule has 30 heavy (non-hydrogen) atoms. The molecular weight excluding hydrogens is 381 g/mol. The van der Waals surface area contributed by atoms with Crippen molar-refractivity contribution in [2.45, 2.75) is 12.8 Å². The van der Waals surface area contributed by atoms with Crippen LogP contribution in [0.4, 0.5) is 4.39 Å². The van der Waals surface area contributed by atoms with Crippen LogP contribution in [0.2, 0.25) is 0 Å². The van der Waals surface area contributed by atoms with Crippen molar-refractivity contribution < 1.29 is 18.7 Å². The van der Waals surface area contributed by atoms with Gasteiger partial charge in [0, 0.05) is 12.0 Å². The molecule has 0 aromatic heterocycles. The van der Waals surface area contributed by atoms with E-state index in [1.54, 1.807) is 48.5 Å². The highest BCUT2D eigenvalue weighted by molar-refractivity contribution is 5.90. The van der Waals surface area contributed by atoms with Crippen LogP contribution in [0.15, 0.2) is 78.9 Å². The standard InChI is InChI=1S/C25H20FNO3/c26-24-13-5-4-12-23(24)20(18-27)16-19-8-6-11-22(17-19)30-25(28)14-7-15-29-21-9-2-1-3-10-21/h1-6,8-13,16-17H,7,14-15H2/b20-16-. The van der Waals surface area contributed by atoms with Crippen molar-refractivity contribution in [1.82, 2.24) is 0 Å². The summed E-state index contributed by atoms with van der Waals surface area (Å²) in [5, 5.41) is 9.40. The van der Waals surface area contributed by atoms with Gasteiger partial charge in [-0.1, -0.05) is 48.5 Å². The van der Waals surface area contributed by atoms with Crippen molar-refractivity contribution in [2.75, 3.05) is 6.61 Å². The topological polar surface area (TPSA) is 59.3 Å². The fourth-order valence-corrected chi connectivity index (χ4v) is 2.79. The lowest BCUT2D eigenvalue weighted by molar-refractivity contribution is -0.134. The molecule has 0 fully saturated rings. The summed E-state index contributed by atoms with van der Waals surface area (Å²) < 4.78 is 24.9. The third-order valence-electron chi connectivity index (χ3n) is 4.22. The zero-order valence-electron chi connectivity index (χ0n) is 16.3. The predicted molar refractivity (Wildman–Crippen MR) is 113 cm³/mol. The van der Waals surface area contributed by atoms with Crippen LogP contribution < -0.4 is 9.47 Å². The average Bonchev–Trinajstić information content (AvgIpc) is 2.77. The normalized spacial score (nSPS) is 10.9. The Bertz CT molecular complexity index is 1070. The van der Waals surface area contributed by atoms with E-state index in [2.05, 4.69) is 0 Å². The predicted octanol–water partition coefficient (Wildman–Crippen LogP) is 5.65. The summed E-state index contributed by atoms with van der Waals surface area (Å²) in [7, 11) is 0. The highest BCUT2D eigenvalue weighted by Gasteiger charge is 2.09.